The summed E-state index contributed by atoms with van der Waals surface area (Å²) < 4.78 is 52.1. The molecule has 0 spiro atoms. The van der Waals surface area contributed by atoms with Crippen LogP contribution in [0.25, 0.3) is 10.8 Å². The Morgan fingerprint density at radius 2 is 1.73 bits per heavy atom. The summed E-state index contributed by atoms with van der Waals surface area (Å²) in [5.41, 5.74) is 6.66. The van der Waals surface area contributed by atoms with Crippen LogP contribution < -0.4 is 15.8 Å². The number of guanidine groups is 1. The molecule has 216 valence electrons. The molecule has 0 aromatic heterocycles. The molecule has 4 rings (SSSR count). The van der Waals surface area contributed by atoms with Crippen LogP contribution in [0.3, 0.4) is 0 Å². The fraction of sp³-hybridized carbons (Fsp3) is 0.333. The van der Waals surface area contributed by atoms with Crippen LogP contribution in [0.1, 0.15) is 24.8 Å². The SMILES string of the molecule is N=C(N)N1CCCC(CNC(=O)[C@@H](CCc2ccccc2)NS(=O)(=O)c2ccc3ccccc3c2)C1.O=S(O)O. The molecule has 3 aromatic carbocycles. The molecule has 3 aromatic rings. The van der Waals surface area contributed by atoms with Crippen molar-refractivity contribution in [2.24, 2.45) is 11.7 Å². The van der Waals surface area contributed by atoms with Crippen LogP contribution in [0.5, 0.6) is 0 Å². The number of benzene rings is 3. The Kier molecular flexibility index (Phi) is 11.6. The second kappa shape index (κ2) is 14.9. The average molecular weight is 590 g/mol. The molecular formula is C27H35N5O6S2. The normalized spacial score (nSPS) is 16.2. The smallest absolute Gasteiger partial charge is 0.299 e. The van der Waals surface area contributed by atoms with E-state index >= 15 is 0 Å². The van der Waals surface area contributed by atoms with E-state index in [1.807, 2.05) is 54.6 Å². The number of hydrogen-bond acceptors (Lipinski definition) is 5. The molecule has 0 saturated carbocycles. The van der Waals surface area contributed by atoms with E-state index < -0.39 is 27.4 Å². The Morgan fingerprint density at radius 1 is 1.07 bits per heavy atom. The van der Waals surface area contributed by atoms with Crippen molar-refractivity contribution >= 4 is 44.0 Å². The number of nitrogens with one attached hydrogen (secondary N) is 3. The minimum atomic E-state index is -3.93. The van der Waals surface area contributed by atoms with E-state index in [9.17, 15) is 13.2 Å². The lowest BCUT2D eigenvalue weighted by Crippen LogP contribution is -2.50. The number of hydrogen-bond donors (Lipinski definition) is 6. The van der Waals surface area contributed by atoms with E-state index in [1.165, 1.54) is 0 Å². The van der Waals surface area contributed by atoms with Crippen molar-refractivity contribution in [1.29, 1.82) is 5.41 Å². The van der Waals surface area contributed by atoms with Gasteiger partial charge in [-0.1, -0.05) is 60.7 Å². The van der Waals surface area contributed by atoms with Gasteiger partial charge in [-0.2, -0.15) is 8.93 Å². The van der Waals surface area contributed by atoms with Crippen molar-refractivity contribution in [2.45, 2.75) is 36.6 Å². The maximum atomic E-state index is 13.3. The Labute approximate surface area is 236 Å². The lowest BCUT2D eigenvalue weighted by molar-refractivity contribution is -0.123. The highest BCUT2D eigenvalue weighted by atomic mass is 32.2. The zero-order valence-corrected chi connectivity index (χ0v) is 23.5. The van der Waals surface area contributed by atoms with Crippen LogP contribution in [-0.4, -0.2) is 64.2 Å². The van der Waals surface area contributed by atoms with Crippen molar-refractivity contribution in [3.8, 4) is 0 Å². The number of amides is 1. The molecule has 0 bridgehead atoms. The van der Waals surface area contributed by atoms with Gasteiger partial charge in [0.2, 0.25) is 15.9 Å². The molecule has 1 saturated heterocycles. The van der Waals surface area contributed by atoms with Gasteiger partial charge in [-0.3, -0.25) is 19.3 Å². The van der Waals surface area contributed by atoms with E-state index in [1.54, 1.807) is 23.1 Å². The Bertz CT molecular complexity index is 1420. The number of rotatable bonds is 9. The van der Waals surface area contributed by atoms with Crippen LogP contribution in [0, 0.1) is 11.3 Å². The van der Waals surface area contributed by atoms with Crippen LogP contribution in [0.4, 0.5) is 0 Å². The number of carbonyl (C=O) groups is 1. The van der Waals surface area contributed by atoms with Gasteiger partial charge in [0, 0.05) is 19.6 Å². The Hall–Kier alpha value is -3.36. The minimum absolute atomic E-state index is 0.0370. The predicted octanol–water partition coefficient (Wildman–Crippen LogP) is 2.52. The van der Waals surface area contributed by atoms with Gasteiger partial charge in [0.15, 0.2) is 5.96 Å². The monoisotopic (exact) mass is 589 g/mol. The molecule has 0 aliphatic carbocycles. The van der Waals surface area contributed by atoms with E-state index in [2.05, 4.69) is 10.0 Å². The number of carbonyl (C=O) groups excluding carboxylic acids is 1. The van der Waals surface area contributed by atoms with E-state index in [-0.39, 0.29) is 22.7 Å². The Morgan fingerprint density at radius 3 is 2.40 bits per heavy atom. The summed E-state index contributed by atoms with van der Waals surface area (Å²) in [4.78, 5) is 15.2. The highest BCUT2D eigenvalue weighted by molar-refractivity contribution is 7.89. The summed E-state index contributed by atoms with van der Waals surface area (Å²) in [6, 6.07) is 21.3. The quantitative estimate of drug-likeness (QED) is 0.125. The molecule has 1 amide bonds. The molecule has 1 aliphatic rings. The number of fused-ring (bicyclic) bond motifs is 1. The first kappa shape index (κ1) is 31.2. The second-order valence-electron chi connectivity index (χ2n) is 9.52. The maximum Gasteiger partial charge on any atom is 0.299 e. The number of aryl methyl sites for hydroxylation is 1. The van der Waals surface area contributed by atoms with Crippen LogP contribution in [0.15, 0.2) is 77.7 Å². The van der Waals surface area contributed by atoms with Gasteiger partial charge < -0.3 is 16.0 Å². The highest BCUT2D eigenvalue weighted by Crippen LogP contribution is 2.20. The standard InChI is InChI=1S/C27H33N5O3S.H2O3S/c28-27(29)32-16-6-9-21(19-32)18-30-26(33)25(15-12-20-7-2-1-3-8-20)31-36(34,35)24-14-13-22-10-4-5-11-23(22)17-24;1-4(2)3/h1-5,7-8,10-11,13-14,17,21,25,31H,6,9,12,15-16,18-19H2,(H3,28,29)(H,30,33);(H2,1,2,3)/t21?,25-;/m1./s1. The van der Waals surface area contributed by atoms with E-state index in [0.717, 1.165) is 35.7 Å². The number of nitrogens with two attached hydrogens (primary N) is 1. The average Bonchev–Trinajstić information content (AvgIpc) is 2.94. The molecule has 1 heterocycles. The lowest BCUT2D eigenvalue weighted by atomic mass is 9.98. The first-order chi connectivity index (χ1) is 19.0. The first-order valence-electron chi connectivity index (χ1n) is 12.8. The molecule has 1 fully saturated rings. The zero-order chi connectivity index (χ0) is 29.1. The minimum Gasteiger partial charge on any atom is -0.370 e. The molecule has 0 radical (unpaired) electrons. The van der Waals surface area contributed by atoms with Crippen molar-refractivity contribution in [3.05, 3.63) is 78.4 Å². The van der Waals surface area contributed by atoms with Gasteiger partial charge in [0.1, 0.15) is 6.04 Å². The van der Waals surface area contributed by atoms with Gasteiger partial charge in [-0.25, -0.2) is 8.42 Å². The van der Waals surface area contributed by atoms with Gasteiger partial charge in [-0.05, 0) is 60.1 Å². The van der Waals surface area contributed by atoms with Crippen molar-refractivity contribution in [1.82, 2.24) is 14.9 Å². The zero-order valence-electron chi connectivity index (χ0n) is 21.9. The molecule has 2 atom stereocenters. The summed E-state index contributed by atoms with van der Waals surface area (Å²) in [7, 11) is -3.93. The van der Waals surface area contributed by atoms with Gasteiger partial charge in [0.25, 0.3) is 11.4 Å². The fourth-order valence-electron chi connectivity index (χ4n) is 4.61. The molecule has 1 unspecified atom stereocenters. The number of piperidine rings is 1. The van der Waals surface area contributed by atoms with Gasteiger partial charge in [0.05, 0.1) is 4.90 Å². The van der Waals surface area contributed by atoms with Crippen LogP contribution in [0.2, 0.25) is 0 Å². The highest BCUT2D eigenvalue weighted by Gasteiger charge is 2.27. The van der Waals surface area contributed by atoms with Crippen LogP contribution >= 0.6 is 0 Å². The third-order valence-electron chi connectivity index (χ3n) is 6.63. The topological polar surface area (TPSA) is 186 Å². The van der Waals surface area contributed by atoms with Crippen molar-refractivity contribution < 1.29 is 26.5 Å². The van der Waals surface area contributed by atoms with Crippen LogP contribution in [-0.2, 0) is 32.6 Å². The molecule has 11 nitrogen and oxygen atoms in total. The fourth-order valence-corrected chi connectivity index (χ4v) is 5.87. The molecule has 13 heteroatoms. The lowest BCUT2D eigenvalue weighted by Gasteiger charge is -2.33. The Balaban J connectivity index is 0.00000103. The molecule has 1 aliphatic heterocycles. The third kappa shape index (κ3) is 9.68. The maximum absolute atomic E-state index is 13.3. The van der Waals surface area contributed by atoms with E-state index in [0.29, 0.717) is 25.9 Å². The van der Waals surface area contributed by atoms with Gasteiger partial charge in [-0.15, -0.1) is 0 Å². The molecular weight excluding hydrogens is 554 g/mol. The van der Waals surface area contributed by atoms with Gasteiger partial charge >= 0.3 is 0 Å². The second-order valence-corrected chi connectivity index (χ2v) is 11.7. The summed E-state index contributed by atoms with van der Waals surface area (Å²) >= 11 is -2.61. The largest absolute Gasteiger partial charge is 0.370 e. The van der Waals surface area contributed by atoms with E-state index in [4.69, 9.17) is 24.5 Å². The summed E-state index contributed by atoms with van der Waals surface area (Å²) in [6.07, 6.45) is 2.70. The van der Waals surface area contributed by atoms with Crippen molar-refractivity contribution in [2.75, 3.05) is 19.6 Å². The number of nitrogens with zero attached hydrogens (tertiary/aromatic N) is 1. The molecule has 40 heavy (non-hydrogen) atoms. The predicted molar refractivity (Wildman–Crippen MR) is 155 cm³/mol. The first-order valence-corrected chi connectivity index (χ1v) is 15.3. The third-order valence-corrected chi connectivity index (χ3v) is 8.10. The van der Waals surface area contributed by atoms with Crippen molar-refractivity contribution in [3.63, 3.8) is 0 Å². The summed E-state index contributed by atoms with van der Waals surface area (Å²) in [5.74, 6) is -0.163. The summed E-state index contributed by atoms with van der Waals surface area (Å²) in [5, 5.41) is 12.4. The summed E-state index contributed by atoms with van der Waals surface area (Å²) in [6.45, 7) is 1.75. The number of sulfonamides is 1. The molecule has 7 N–H and O–H groups in total. The number of likely N-dealkylation sites (tertiary alicyclic amines) is 1.